The van der Waals surface area contributed by atoms with Crippen LogP contribution in [0, 0.1) is 0 Å². The third-order valence-corrected chi connectivity index (χ3v) is 3.42. The van der Waals surface area contributed by atoms with E-state index in [1.807, 2.05) is 0 Å². The summed E-state index contributed by atoms with van der Waals surface area (Å²) >= 11 is 5.77. The molecule has 2 atom stereocenters. The Kier molecular flexibility index (Phi) is 5.25. The van der Waals surface area contributed by atoms with Crippen LogP contribution in [-0.2, 0) is 0 Å². The monoisotopic (exact) mass is 320 g/mol. The second-order valence-electron chi connectivity index (χ2n) is 4.93. The molecule has 0 aliphatic heterocycles. The summed E-state index contributed by atoms with van der Waals surface area (Å²) in [4.78, 5) is 11.9. The Labute approximate surface area is 133 Å². The molecule has 5 nitrogen and oxygen atoms in total. The zero-order valence-corrected chi connectivity index (χ0v) is 12.7. The molecule has 2 aromatic rings. The van der Waals surface area contributed by atoms with E-state index < -0.39 is 18.2 Å². The van der Waals surface area contributed by atoms with E-state index in [4.69, 9.17) is 11.6 Å². The highest BCUT2D eigenvalue weighted by Crippen LogP contribution is 2.20. The van der Waals surface area contributed by atoms with Gasteiger partial charge in [0.25, 0.3) is 0 Å². The number of nitrogens with one attached hydrogen (secondary N) is 2. The topological polar surface area (TPSA) is 81.6 Å². The lowest BCUT2D eigenvalue weighted by molar-refractivity contribution is 0.139. The highest BCUT2D eigenvalue weighted by atomic mass is 35.5. The fourth-order valence-corrected chi connectivity index (χ4v) is 2.07. The van der Waals surface area contributed by atoms with Crippen molar-refractivity contribution >= 4 is 23.3 Å². The number of aliphatic hydroxyl groups excluding tert-OH is 1. The van der Waals surface area contributed by atoms with Gasteiger partial charge in [-0.1, -0.05) is 23.7 Å². The first-order valence-corrected chi connectivity index (χ1v) is 7.13. The molecule has 2 aromatic carbocycles. The molecule has 0 fully saturated rings. The second-order valence-corrected chi connectivity index (χ2v) is 5.37. The molecule has 0 radical (unpaired) electrons. The van der Waals surface area contributed by atoms with Gasteiger partial charge in [0, 0.05) is 10.7 Å². The average molecular weight is 321 g/mol. The van der Waals surface area contributed by atoms with Crippen molar-refractivity contribution in [2.24, 2.45) is 0 Å². The number of benzene rings is 2. The van der Waals surface area contributed by atoms with Crippen molar-refractivity contribution in [2.75, 3.05) is 5.32 Å². The fraction of sp³-hybridized carbons (Fsp3) is 0.188. The number of carbonyl (C=O) groups excluding carboxylic acids is 1. The van der Waals surface area contributed by atoms with Crippen molar-refractivity contribution in [3.8, 4) is 5.75 Å². The number of anilines is 1. The smallest absolute Gasteiger partial charge is 0.319 e. The number of phenolic OH excluding ortho intramolecular Hbond substituents is 1. The van der Waals surface area contributed by atoms with Crippen molar-refractivity contribution < 1.29 is 15.0 Å². The average Bonchev–Trinajstić information content (AvgIpc) is 2.49. The maximum absolute atomic E-state index is 11.9. The Morgan fingerprint density at radius 3 is 2.27 bits per heavy atom. The van der Waals surface area contributed by atoms with Gasteiger partial charge >= 0.3 is 6.03 Å². The highest BCUT2D eigenvalue weighted by molar-refractivity contribution is 6.30. The molecule has 4 N–H and O–H groups in total. The van der Waals surface area contributed by atoms with Gasteiger partial charge in [-0.15, -0.1) is 0 Å². The number of halogens is 1. The van der Waals surface area contributed by atoms with E-state index in [1.54, 1.807) is 43.3 Å². The number of aromatic hydroxyl groups is 1. The SMILES string of the molecule is C[C@@H](NC(=O)Nc1ccc(Cl)cc1)[C@H](O)c1ccc(O)cc1. The van der Waals surface area contributed by atoms with E-state index >= 15 is 0 Å². The Morgan fingerprint density at radius 2 is 1.68 bits per heavy atom. The van der Waals surface area contributed by atoms with Crippen LogP contribution in [-0.4, -0.2) is 22.3 Å². The lowest BCUT2D eigenvalue weighted by atomic mass is 10.0. The minimum Gasteiger partial charge on any atom is -0.508 e. The Morgan fingerprint density at radius 1 is 1.09 bits per heavy atom. The molecule has 0 saturated carbocycles. The predicted molar refractivity (Wildman–Crippen MR) is 86.1 cm³/mol. The largest absolute Gasteiger partial charge is 0.508 e. The maximum Gasteiger partial charge on any atom is 0.319 e. The van der Waals surface area contributed by atoms with Crippen molar-refractivity contribution in [1.82, 2.24) is 5.32 Å². The third kappa shape index (κ3) is 4.38. The van der Waals surface area contributed by atoms with E-state index in [1.165, 1.54) is 12.1 Å². The zero-order chi connectivity index (χ0) is 16.1. The van der Waals surface area contributed by atoms with Gasteiger partial charge in [0.15, 0.2) is 0 Å². The number of rotatable bonds is 4. The molecule has 0 unspecified atom stereocenters. The third-order valence-electron chi connectivity index (χ3n) is 3.17. The second kappa shape index (κ2) is 7.15. The van der Waals surface area contributed by atoms with E-state index in [2.05, 4.69) is 10.6 Å². The lowest BCUT2D eigenvalue weighted by Crippen LogP contribution is -2.39. The van der Waals surface area contributed by atoms with Gasteiger partial charge < -0.3 is 20.8 Å². The summed E-state index contributed by atoms with van der Waals surface area (Å²) in [5.41, 5.74) is 1.21. The lowest BCUT2D eigenvalue weighted by Gasteiger charge is -2.21. The maximum atomic E-state index is 11.9. The summed E-state index contributed by atoms with van der Waals surface area (Å²) in [6.07, 6.45) is -0.878. The van der Waals surface area contributed by atoms with Crippen LogP contribution in [0.3, 0.4) is 0 Å². The van der Waals surface area contributed by atoms with Crippen LogP contribution < -0.4 is 10.6 Å². The number of carbonyl (C=O) groups is 1. The number of amides is 2. The molecule has 116 valence electrons. The first-order valence-electron chi connectivity index (χ1n) is 6.76. The molecule has 22 heavy (non-hydrogen) atoms. The zero-order valence-electron chi connectivity index (χ0n) is 12.0. The molecule has 2 rings (SSSR count). The summed E-state index contributed by atoms with van der Waals surface area (Å²) in [5.74, 6) is 0.122. The summed E-state index contributed by atoms with van der Waals surface area (Å²) < 4.78 is 0. The molecule has 0 aromatic heterocycles. The normalized spacial score (nSPS) is 13.2. The molecule has 2 amide bonds. The van der Waals surface area contributed by atoms with E-state index in [0.29, 0.717) is 16.3 Å². The number of phenols is 1. The molecule has 0 bridgehead atoms. The van der Waals surface area contributed by atoms with Gasteiger partial charge in [-0.25, -0.2) is 4.79 Å². The standard InChI is InChI=1S/C16H17ClN2O3/c1-10(15(21)11-2-8-14(20)9-3-11)18-16(22)19-13-6-4-12(17)5-7-13/h2-10,15,20-21H,1H3,(H2,18,19,22)/t10-,15+/m1/s1. The molecule has 0 heterocycles. The van der Waals surface area contributed by atoms with Gasteiger partial charge in [-0.3, -0.25) is 0 Å². The van der Waals surface area contributed by atoms with Gasteiger partial charge in [0.1, 0.15) is 5.75 Å². The quantitative estimate of drug-likeness (QED) is 0.697. The Hall–Kier alpha value is -2.24. The number of hydrogen-bond acceptors (Lipinski definition) is 3. The number of hydrogen-bond donors (Lipinski definition) is 4. The first-order chi connectivity index (χ1) is 10.5. The summed E-state index contributed by atoms with van der Waals surface area (Å²) in [6, 6.07) is 12.0. The first kappa shape index (κ1) is 16.1. The molecule has 0 aliphatic carbocycles. The van der Waals surface area contributed by atoms with Crippen molar-refractivity contribution in [3.63, 3.8) is 0 Å². The van der Waals surface area contributed by atoms with Crippen LogP contribution in [0.4, 0.5) is 10.5 Å². The van der Waals surface area contributed by atoms with Crippen LogP contribution >= 0.6 is 11.6 Å². The number of urea groups is 1. The minimum atomic E-state index is -0.878. The van der Waals surface area contributed by atoms with Crippen LogP contribution in [0.15, 0.2) is 48.5 Å². The molecule has 0 spiro atoms. The van der Waals surface area contributed by atoms with Gasteiger partial charge in [0.2, 0.25) is 0 Å². The van der Waals surface area contributed by atoms with E-state index in [-0.39, 0.29) is 5.75 Å². The van der Waals surface area contributed by atoms with Crippen molar-refractivity contribution in [1.29, 1.82) is 0 Å². The van der Waals surface area contributed by atoms with Crippen molar-refractivity contribution in [2.45, 2.75) is 19.1 Å². The Balaban J connectivity index is 1.92. The van der Waals surface area contributed by atoms with E-state index in [0.717, 1.165) is 0 Å². The van der Waals surface area contributed by atoms with Crippen LogP contribution in [0.2, 0.25) is 5.02 Å². The van der Waals surface area contributed by atoms with Gasteiger partial charge in [0.05, 0.1) is 12.1 Å². The fourth-order valence-electron chi connectivity index (χ4n) is 1.95. The van der Waals surface area contributed by atoms with Crippen LogP contribution in [0.1, 0.15) is 18.6 Å². The van der Waals surface area contributed by atoms with Gasteiger partial charge in [-0.05, 0) is 48.9 Å². The minimum absolute atomic E-state index is 0.122. The summed E-state index contributed by atoms with van der Waals surface area (Å²) in [5, 5.41) is 25.3. The van der Waals surface area contributed by atoms with Crippen molar-refractivity contribution in [3.05, 3.63) is 59.1 Å². The molecule has 6 heteroatoms. The number of aliphatic hydroxyl groups is 1. The highest BCUT2D eigenvalue weighted by Gasteiger charge is 2.18. The molecular weight excluding hydrogens is 304 g/mol. The summed E-state index contributed by atoms with van der Waals surface area (Å²) in [7, 11) is 0. The van der Waals surface area contributed by atoms with E-state index in [9.17, 15) is 15.0 Å². The predicted octanol–water partition coefficient (Wildman–Crippen LogP) is 3.29. The molecule has 0 saturated heterocycles. The van der Waals surface area contributed by atoms with Crippen LogP contribution in [0.25, 0.3) is 0 Å². The molecule has 0 aliphatic rings. The molecular formula is C16H17ClN2O3. The van der Waals surface area contributed by atoms with Gasteiger partial charge in [-0.2, -0.15) is 0 Å². The van der Waals surface area contributed by atoms with Crippen LogP contribution in [0.5, 0.6) is 5.75 Å². The Bertz CT molecular complexity index is 629. The summed E-state index contributed by atoms with van der Waals surface area (Å²) in [6.45, 7) is 1.69.